The van der Waals surface area contributed by atoms with Crippen molar-refractivity contribution in [1.82, 2.24) is 4.90 Å². The van der Waals surface area contributed by atoms with Crippen LogP contribution in [0.5, 0.6) is 0 Å². The highest BCUT2D eigenvalue weighted by Gasteiger charge is 2.32. The molecule has 0 N–H and O–H groups in total. The summed E-state index contributed by atoms with van der Waals surface area (Å²) < 4.78 is 22.5. The van der Waals surface area contributed by atoms with Gasteiger partial charge in [-0.15, -0.1) is 0 Å². The normalized spacial score (nSPS) is 20.0. The van der Waals surface area contributed by atoms with Crippen LogP contribution in [-0.4, -0.2) is 57.4 Å². The van der Waals surface area contributed by atoms with Crippen LogP contribution in [0.3, 0.4) is 0 Å². The molecule has 1 aliphatic heterocycles. The standard InChI is InChI=1S/C15H22N2O3S/c1-16(11-12-21(2,19)20)14-9-6-10-17(15(14)18)13-7-4-3-5-8-13/h3-5,7-8,14H,6,9-12H2,1-2H3. The van der Waals surface area contributed by atoms with Crippen LogP contribution in [0.25, 0.3) is 0 Å². The van der Waals surface area contributed by atoms with Crippen molar-refractivity contribution in [3.63, 3.8) is 0 Å². The van der Waals surface area contributed by atoms with E-state index in [4.69, 9.17) is 0 Å². The lowest BCUT2D eigenvalue weighted by Crippen LogP contribution is -2.52. The fourth-order valence-corrected chi connectivity index (χ4v) is 3.21. The minimum absolute atomic E-state index is 0.0588. The number of carbonyl (C=O) groups excluding carboxylic acids is 1. The maximum absolute atomic E-state index is 12.6. The van der Waals surface area contributed by atoms with Gasteiger partial charge < -0.3 is 4.90 Å². The molecule has 0 bridgehead atoms. The number of para-hydroxylation sites is 1. The average Bonchev–Trinajstić information content (AvgIpc) is 2.45. The van der Waals surface area contributed by atoms with Crippen LogP contribution in [0.4, 0.5) is 5.69 Å². The number of rotatable bonds is 5. The Morgan fingerprint density at radius 2 is 1.95 bits per heavy atom. The molecule has 1 aromatic rings. The van der Waals surface area contributed by atoms with E-state index in [9.17, 15) is 13.2 Å². The number of anilines is 1. The molecule has 6 heteroatoms. The number of nitrogens with zero attached hydrogens (tertiary/aromatic N) is 2. The first kappa shape index (κ1) is 16.0. The number of benzene rings is 1. The van der Waals surface area contributed by atoms with Crippen molar-refractivity contribution < 1.29 is 13.2 Å². The molecule has 1 atom stereocenters. The van der Waals surface area contributed by atoms with E-state index in [0.29, 0.717) is 6.54 Å². The van der Waals surface area contributed by atoms with E-state index in [1.807, 2.05) is 42.3 Å². The number of sulfone groups is 1. The Labute approximate surface area is 126 Å². The summed E-state index contributed by atoms with van der Waals surface area (Å²) in [6.45, 7) is 1.11. The third-order valence-electron chi connectivity index (χ3n) is 3.83. The lowest BCUT2D eigenvalue weighted by Gasteiger charge is -2.36. The van der Waals surface area contributed by atoms with Crippen LogP contribution in [-0.2, 0) is 14.6 Å². The molecule has 5 nitrogen and oxygen atoms in total. The van der Waals surface area contributed by atoms with Gasteiger partial charge in [-0.05, 0) is 32.0 Å². The molecule has 1 amide bonds. The quantitative estimate of drug-likeness (QED) is 0.819. The van der Waals surface area contributed by atoms with E-state index in [-0.39, 0.29) is 17.7 Å². The van der Waals surface area contributed by atoms with Crippen molar-refractivity contribution in [3.05, 3.63) is 30.3 Å². The van der Waals surface area contributed by atoms with Crippen molar-refractivity contribution >= 4 is 21.4 Å². The zero-order chi connectivity index (χ0) is 15.5. The molecule has 21 heavy (non-hydrogen) atoms. The van der Waals surface area contributed by atoms with Gasteiger partial charge >= 0.3 is 0 Å². The molecular weight excluding hydrogens is 288 g/mol. The molecule has 0 aliphatic carbocycles. The number of piperidine rings is 1. The van der Waals surface area contributed by atoms with Gasteiger partial charge in [0.25, 0.3) is 0 Å². The smallest absolute Gasteiger partial charge is 0.244 e. The van der Waals surface area contributed by atoms with Gasteiger partial charge in [-0.25, -0.2) is 8.42 Å². The Morgan fingerprint density at radius 3 is 2.57 bits per heavy atom. The van der Waals surface area contributed by atoms with E-state index < -0.39 is 9.84 Å². The highest BCUT2D eigenvalue weighted by molar-refractivity contribution is 7.90. The Bertz CT molecular complexity index is 586. The summed E-state index contributed by atoms with van der Waals surface area (Å²) in [5.74, 6) is 0.141. The molecule has 1 heterocycles. The van der Waals surface area contributed by atoms with Crippen LogP contribution in [0.15, 0.2) is 30.3 Å². The Hall–Kier alpha value is -1.40. The predicted octanol–water partition coefficient (Wildman–Crippen LogP) is 1.16. The van der Waals surface area contributed by atoms with E-state index in [1.54, 1.807) is 4.90 Å². The van der Waals surface area contributed by atoms with Gasteiger partial charge in [-0.1, -0.05) is 18.2 Å². The molecule has 1 saturated heterocycles. The predicted molar refractivity (Wildman–Crippen MR) is 84.2 cm³/mol. The van der Waals surface area contributed by atoms with Crippen LogP contribution in [0.1, 0.15) is 12.8 Å². The largest absolute Gasteiger partial charge is 0.311 e. The SMILES string of the molecule is CN(CCS(C)(=O)=O)C1CCCN(c2ccccc2)C1=O. The van der Waals surface area contributed by atoms with E-state index >= 15 is 0 Å². The third-order valence-corrected chi connectivity index (χ3v) is 4.75. The number of carbonyl (C=O) groups is 1. The molecule has 0 aromatic heterocycles. The summed E-state index contributed by atoms with van der Waals surface area (Å²) in [7, 11) is -1.19. The first-order chi connectivity index (χ1) is 9.88. The molecule has 1 unspecified atom stereocenters. The average molecular weight is 310 g/mol. The Balaban J connectivity index is 2.06. The molecule has 1 aromatic carbocycles. The second kappa shape index (κ2) is 6.58. The Kier molecular flexibility index (Phi) is 5.00. The van der Waals surface area contributed by atoms with E-state index in [0.717, 1.165) is 25.1 Å². The lowest BCUT2D eigenvalue weighted by atomic mass is 10.0. The van der Waals surface area contributed by atoms with Gasteiger partial charge in [0.2, 0.25) is 5.91 Å². The van der Waals surface area contributed by atoms with Crippen LogP contribution >= 0.6 is 0 Å². The van der Waals surface area contributed by atoms with Gasteiger partial charge in [-0.2, -0.15) is 0 Å². The minimum atomic E-state index is -3.01. The van der Waals surface area contributed by atoms with E-state index in [1.165, 1.54) is 6.26 Å². The number of hydrogen-bond donors (Lipinski definition) is 0. The molecule has 1 fully saturated rings. The van der Waals surface area contributed by atoms with Gasteiger partial charge in [0, 0.05) is 25.0 Å². The monoisotopic (exact) mass is 310 g/mol. The molecule has 0 spiro atoms. The number of hydrogen-bond acceptors (Lipinski definition) is 4. The van der Waals surface area contributed by atoms with Crippen molar-refractivity contribution in [3.8, 4) is 0 Å². The van der Waals surface area contributed by atoms with Crippen LogP contribution in [0, 0.1) is 0 Å². The van der Waals surface area contributed by atoms with Crippen molar-refractivity contribution in [2.75, 3.05) is 37.0 Å². The second-order valence-electron chi connectivity index (χ2n) is 5.59. The summed E-state index contributed by atoms with van der Waals surface area (Å²) in [5.41, 5.74) is 0.906. The fraction of sp³-hybridized carbons (Fsp3) is 0.533. The molecule has 0 radical (unpaired) electrons. The summed E-state index contributed by atoms with van der Waals surface area (Å²) in [6, 6.07) is 9.38. The maximum atomic E-state index is 12.6. The van der Waals surface area contributed by atoms with Crippen molar-refractivity contribution in [2.24, 2.45) is 0 Å². The first-order valence-electron chi connectivity index (χ1n) is 7.13. The molecule has 2 rings (SSSR count). The fourth-order valence-electron chi connectivity index (χ4n) is 2.60. The van der Waals surface area contributed by atoms with Crippen LogP contribution < -0.4 is 4.90 Å². The summed E-state index contributed by atoms with van der Waals surface area (Å²) >= 11 is 0. The minimum Gasteiger partial charge on any atom is -0.311 e. The Morgan fingerprint density at radius 1 is 1.29 bits per heavy atom. The molecule has 1 aliphatic rings. The molecular formula is C15H22N2O3S. The number of likely N-dealkylation sites (N-methyl/N-ethyl adjacent to an activating group) is 1. The highest BCUT2D eigenvalue weighted by Crippen LogP contribution is 2.22. The van der Waals surface area contributed by atoms with Crippen molar-refractivity contribution in [1.29, 1.82) is 0 Å². The van der Waals surface area contributed by atoms with E-state index in [2.05, 4.69) is 0 Å². The number of amides is 1. The maximum Gasteiger partial charge on any atom is 0.244 e. The van der Waals surface area contributed by atoms with Gasteiger partial charge in [0.05, 0.1) is 11.8 Å². The highest BCUT2D eigenvalue weighted by atomic mass is 32.2. The topological polar surface area (TPSA) is 57.7 Å². The van der Waals surface area contributed by atoms with Gasteiger partial charge in [0.1, 0.15) is 9.84 Å². The zero-order valence-corrected chi connectivity index (χ0v) is 13.3. The van der Waals surface area contributed by atoms with Crippen molar-refractivity contribution in [2.45, 2.75) is 18.9 Å². The lowest BCUT2D eigenvalue weighted by molar-refractivity contribution is -0.124. The van der Waals surface area contributed by atoms with Crippen LogP contribution in [0.2, 0.25) is 0 Å². The summed E-state index contributed by atoms with van der Waals surface area (Å²) in [5, 5.41) is 0. The summed E-state index contributed by atoms with van der Waals surface area (Å²) in [4.78, 5) is 16.3. The molecule has 0 saturated carbocycles. The molecule has 116 valence electrons. The summed E-state index contributed by atoms with van der Waals surface area (Å²) in [6.07, 6.45) is 2.93. The van der Waals surface area contributed by atoms with Gasteiger partial charge in [0.15, 0.2) is 0 Å². The second-order valence-corrected chi connectivity index (χ2v) is 7.85. The zero-order valence-electron chi connectivity index (χ0n) is 12.5. The third kappa shape index (κ3) is 4.28. The van der Waals surface area contributed by atoms with Gasteiger partial charge in [-0.3, -0.25) is 9.69 Å². The first-order valence-corrected chi connectivity index (χ1v) is 9.19.